The van der Waals surface area contributed by atoms with Crippen molar-refractivity contribution in [3.8, 4) is 22.8 Å². The van der Waals surface area contributed by atoms with E-state index in [4.69, 9.17) is 19.1 Å². The van der Waals surface area contributed by atoms with E-state index in [1.165, 1.54) is 17.8 Å². The molecular formula is C13H13NO5S. The van der Waals surface area contributed by atoms with Crippen molar-refractivity contribution in [1.82, 2.24) is 5.16 Å². The van der Waals surface area contributed by atoms with Gasteiger partial charge in [0.2, 0.25) is 5.76 Å². The van der Waals surface area contributed by atoms with Gasteiger partial charge in [0.05, 0.1) is 19.1 Å². The molecule has 0 aliphatic heterocycles. The molecule has 0 radical (unpaired) electrons. The van der Waals surface area contributed by atoms with Crippen molar-refractivity contribution in [3.63, 3.8) is 0 Å². The Hall–Kier alpha value is -2.15. The molecule has 1 heterocycles. The quantitative estimate of drug-likeness (QED) is 0.849. The van der Waals surface area contributed by atoms with Crippen LogP contribution in [0.4, 0.5) is 0 Å². The number of nitrogens with zero attached hydrogens (tertiary/aromatic N) is 1. The van der Waals surface area contributed by atoms with E-state index in [0.717, 1.165) is 10.5 Å². The third-order valence-electron chi connectivity index (χ3n) is 2.70. The number of rotatable bonds is 5. The zero-order chi connectivity index (χ0) is 14.7. The lowest BCUT2D eigenvalue weighted by Gasteiger charge is -2.13. The number of aromatic carboxylic acids is 1. The predicted molar refractivity (Wildman–Crippen MR) is 73.8 cm³/mol. The summed E-state index contributed by atoms with van der Waals surface area (Å²) in [6.07, 6.45) is 1.89. The average molecular weight is 295 g/mol. The number of carboxylic acid groups (broad SMARTS) is 1. The van der Waals surface area contributed by atoms with Crippen molar-refractivity contribution in [1.29, 1.82) is 0 Å². The number of hydrogen-bond donors (Lipinski definition) is 1. The second-order valence-corrected chi connectivity index (χ2v) is 4.58. The van der Waals surface area contributed by atoms with E-state index >= 15 is 0 Å². The number of benzene rings is 1. The SMILES string of the molecule is COc1ccc(-c2cc(C(=O)O)on2)c(SC)c1OC. The number of aromatic nitrogens is 1. The summed E-state index contributed by atoms with van der Waals surface area (Å²) in [5.41, 5.74) is 1.17. The summed E-state index contributed by atoms with van der Waals surface area (Å²) < 4.78 is 15.4. The van der Waals surface area contributed by atoms with Gasteiger partial charge in [-0.2, -0.15) is 0 Å². The number of carbonyl (C=O) groups is 1. The molecule has 0 atom stereocenters. The molecule has 0 saturated carbocycles. The molecule has 106 valence electrons. The van der Waals surface area contributed by atoms with Gasteiger partial charge in [-0.1, -0.05) is 5.16 Å². The molecule has 0 unspecified atom stereocenters. The second kappa shape index (κ2) is 5.87. The summed E-state index contributed by atoms with van der Waals surface area (Å²) in [7, 11) is 3.10. The van der Waals surface area contributed by atoms with Gasteiger partial charge in [-0.15, -0.1) is 11.8 Å². The highest BCUT2D eigenvalue weighted by atomic mass is 32.2. The fourth-order valence-electron chi connectivity index (χ4n) is 1.81. The van der Waals surface area contributed by atoms with Crippen LogP contribution in [0.1, 0.15) is 10.6 Å². The fourth-order valence-corrected chi connectivity index (χ4v) is 2.57. The van der Waals surface area contributed by atoms with Gasteiger partial charge in [0.1, 0.15) is 5.69 Å². The van der Waals surface area contributed by atoms with Gasteiger partial charge >= 0.3 is 5.97 Å². The Bertz CT molecular complexity index is 638. The molecule has 0 spiro atoms. The average Bonchev–Trinajstić information content (AvgIpc) is 2.95. The molecule has 0 amide bonds. The van der Waals surface area contributed by atoms with Crippen LogP contribution in [0.5, 0.6) is 11.5 Å². The molecule has 0 aliphatic rings. The van der Waals surface area contributed by atoms with Crippen LogP contribution >= 0.6 is 11.8 Å². The van der Waals surface area contributed by atoms with E-state index in [0.29, 0.717) is 17.2 Å². The van der Waals surface area contributed by atoms with Crippen LogP contribution < -0.4 is 9.47 Å². The minimum atomic E-state index is -1.16. The van der Waals surface area contributed by atoms with Gasteiger partial charge in [-0.05, 0) is 18.4 Å². The van der Waals surface area contributed by atoms with Gasteiger partial charge in [-0.3, -0.25) is 0 Å². The molecule has 2 aromatic rings. The molecule has 1 N–H and O–H groups in total. The summed E-state index contributed by atoms with van der Waals surface area (Å²) >= 11 is 1.45. The summed E-state index contributed by atoms with van der Waals surface area (Å²) in [5.74, 6) is -0.184. The summed E-state index contributed by atoms with van der Waals surface area (Å²) in [4.78, 5) is 11.6. The van der Waals surface area contributed by atoms with Crippen molar-refractivity contribution >= 4 is 17.7 Å². The van der Waals surface area contributed by atoms with Crippen LogP contribution in [-0.2, 0) is 0 Å². The summed E-state index contributed by atoms with van der Waals surface area (Å²) in [6, 6.07) is 4.91. The van der Waals surface area contributed by atoms with Crippen molar-refractivity contribution < 1.29 is 23.9 Å². The van der Waals surface area contributed by atoms with Crippen molar-refractivity contribution in [2.75, 3.05) is 20.5 Å². The van der Waals surface area contributed by atoms with E-state index in [9.17, 15) is 4.79 Å². The van der Waals surface area contributed by atoms with E-state index in [2.05, 4.69) is 5.16 Å². The zero-order valence-corrected chi connectivity index (χ0v) is 12.0. The summed E-state index contributed by atoms with van der Waals surface area (Å²) in [5, 5.41) is 12.7. The first-order valence-electron chi connectivity index (χ1n) is 5.61. The molecule has 0 fully saturated rings. The molecule has 0 bridgehead atoms. The molecule has 7 heteroatoms. The van der Waals surface area contributed by atoms with Crippen LogP contribution in [-0.4, -0.2) is 36.7 Å². The van der Waals surface area contributed by atoms with Crippen LogP contribution in [0.25, 0.3) is 11.3 Å². The Kier molecular flexibility index (Phi) is 4.19. The van der Waals surface area contributed by atoms with Crippen LogP contribution in [0.15, 0.2) is 27.6 Å². The highest BCUT2D eigenvalue weighted by Crippen LogP contribution is 2.43. The minimum absolute atomic E-state index is 0.207. The van der Waals surface area contributed by atoms with Crippen molar-refractivity contribution in [3.05, 3.63) is 24.0 Å². The van der Waals surface area contributed by atoms with Gasteiger partial charge < -0.3 is 19.1 Å². The zero-order valence-electron chi connectivity index (χ0n) is 11.2. The lowest BCUT2D eigenvalue weighted by atomic mass is 10.1. The lowest BCUT2D eigenvalue weighted by molar-refractivity contribution is 0.0652. The Morgan fingerprint density at radius 3 is 2.60 bits per heavy atom. The van der Waals surface area contributed by atoms with Crippen LogP contribution in [0.2, 0.25) is 0 Å². The molecular weight excluding hydrogens is 282 g/mol. The van der Waals surface area contributed by atoms with Crippen molar-refractivity contribution in [2.45, 2.75) is 4.90 Å². The van der Waals surface area contributed by atoms with E-state index < -0.39 is 5.97 Å². The fraction of sp³-hybridized carbons (Fsp3) is 0.231. The second-order valence-electron chi connectivity index (χ2n) is 3.76. The maximum absolute atomic E-state index is 10.8. The Morgan fingerprint density at radius 1 is 1.35 bits per heavy atom. The van der Waals surface area contributed by atoms with E-state index in [1.54, 1.807) is 26.4 Å². The number of methoxy groups -OCH3 is 2. The number of hydrogen-bond acceptors (Lipinski definition) is 6. The number of thioether (sulfide) groups is 1. The predicted octanol–water partition coefficient (Wildman–Crippen LogP) is 2.78. The topological polar surface area (TPSA) is 81.8 Å². The minimum Gasteiger partial charge on any atom is -0.493 e. The highest BCUT2D eigenvalue weighted by molar-refractivity contribution is 7.98. The van der Waals surface area contributed by atoms with Crippen LogP contribution in [0, 0.1) is 0 Å². The van der Waals surface area contributed by atoms with Crippen molar-refractivity contribution in [2.24, 2.45) is 0 Å². The molecule has 2 rings (SSSR count). The first-order chi connectivity index (χ1) is 9.62. The first-order valence-corrected chi connectivity index (χ1v) is 6.84. The Labute approximate surface area is 119 Å². The third kappa shape index (κ3) is 2.44. The normalized spacial score (nSPS) is 10.3. The Morgan fingerprint density at radius 2 is 2.10 bits per heavy atom. The van der Waals surface area contributed by atoms with E-state index in [-0.39, 0.29) is 5.76 Å². The highest BCUT2D eigenvalue weighted by Gasteiger charge is 2.19. The maximum atomic E-state index is 10.8. The standard InChI is InChI=1S/C13H13NO5S/c1-17-9-5-4-7(12(20-3)11(9)18-2)8-6-10(13(15)16)19-14-8/h4-6H,1-3H3,(H,15,16). The number of ether oxygens (including phenoxy) is 2. The van der Waals surface area contributed by atoms with Gasteiger partial charge in [0.25, 0.3) is 0 Å². The molecule has 0 aliphatic carbocycles. The summed E-state index contributed by atoms with van der Waals surface area (Å²) in [6.45, 7) is 0. The van der Waals surface area contributed by atoms with Gasteiger partial charge in [0.15, 0.2) is 11.5 Å². The monoisotopic (exact) mass is 295 g/mol. The van der Waals surface area contributed by atoms with Gasteiger partial charge in [-0.25, -0.2) is 4.79 Å². The molecule has 20 heavy (non-hydrogen) atoms. The molecule has 1 aromatic carbocycles. The maximum Gasteiger partial charge on any atom is 0.374 e. The smallest absolute Gasteiger partial charge is 0.374 e. The van der Waals surface area contributed by atoms with Crippen LogP contribution in [0.3, 0.4) is 0 Å². The lowest BCUT2D eigenvalue weighted by Crippen LogP contribution is -1.95. The Balaban J connectivity index is 2.58. The molecule has 1 aromatic heterocycles. The largest absolute Gasteiger partial charge is 0.493 e. The van der Waals surface area contributed by atoms with E-state index in [1.807, 2.05) is 6.26 Å². The third-order valence-corrected chi connectivity index (χ3v) is 3.51. The first kappa shape index (κ1) is 14.3. The molecule has 0 saturated heterocycles. The number of carboxylic acids is 1. The molecule has 6 nitrogen and oxygen atoms in total. The van der Waals surface area contributed by atoms with Gasteiger partial charge in [0, 0.05) is 11.6 Å².